The quantitative estimate of drug-likeness (QED) is 0.534. The lowest BCUT2D eigenvalue weighted by molar-refractivity contribution is -0.150. The smallest absolute Gasteiger partial charge is 0.374 e. The van der Waals surface area contributed by atoms with Gasteiger partial charge in [0.2, 0.25) is 0 Å². The molecule has 1 saturated carbocycles. The van der Waals surface area contributed by atoms with Gasteiger partial charge in [0.1, 0.15) is 11.4 Å². The molecule has 1 aliphatic carbocycles. The monoisotopic (exact) mass is 514 g/mol. The van der Waals surface area contributed by atoms with Gasteiger partial charge in [-0.3, -0.25) is 4.79 Å². The molecule has 196 valence electrons. The lowest BCUT2D eigenvalue weighted by atomic mass is 9.89. The number of aryl methyl sites for hydroxylation is 1. The van der Waals surface area contributed by atoms with Crippen LogP contribution in [-0.2, 0) is 18.8 Å². The molecular formula is C25H28F6N4O. The van der Waals surface area contributed by atoms with Crippen molar-refractivity contribution in [3.8, 4) is 0 Å². The van der Waals surface area contributed by atoms with Gasteiger partial charge in [0.25, 0.3) is 5.91 Å². The van der Waals surface area contributed by atoms with Crippen molar-refractivity contribution in [1.82, 2.24) is 10.3 Å². The van der Waals surface area contributed by atoms with Gasteiger partial charge in [0, 0.05) is 49.7 Å². The summed E-state index contributed by atoms with van der Waals surface area (Å²) in [6, 6.07) is 6.59. The van der Waals surface area contributed by atoms with Crippen LogP contribution < -0.4 is 15.1 Å². The number of nitrogens with one attached hydrogen (secondary N) is 1. The predicted molar refractivity (Wildman–Crippen MR) is 124 cm³/mol. The zero-order chi connectivity index (χ0) is 26.3. The number of pyridine rings is 1. The molecule has 0 atom stereocenters. The van der Waals surface area contributed by atoms with E-state index in [1.807, 2.05) is 19.2 Å². The molecule has 1 fully saturated rings. The molecule has 4 rings (SSSR count). The SMILES string of the molecule is CN1CCCc2cc(C(=O)NC3CCC(N(C)c4cc(C(F)(F)F)nc(C(F)(F)F)c4)CC3)ccc21. The average Bonchev–Trinajstić information content (AvgIpc) is 2.82. The van der Waals surface area contributed by atoms with Crippen LogP contribution in [0.4, 0.5) is 37.7 Å². The minimum Gasteiger partial charge on any atom is -0.374 e. The second kappa shape index (κ2) is 9.82. The molecule has 2 aliphatic rings. The highest BCUT2D eigenvalue weighted by atomic mass is 19.4. The summed E-state index contributed by atoms with van der Waals surface area (Å²) >= 11 is 0. The van der Waals surface area contributed by atoms with Crippen molar-refractivity contribution in [2.45, 2.75) is 63.0 Å². The second-order valence-electron chi connectivity index (χ2n) is 9.55. The van der Waals surface area contributed by atoms with Gasteiger partial charge < -0.3 is 15.1 Å². The maximum atomic E-state index is 13.2. The molecule has 1 amide bonds. The number of benzene rings is 1. The average molecular weight is 515 g/mol. The lowest BCUT2D eigenvalue weighted by Crippen LogP contribution is -2.43. The number of nitrogens with zero attached hydrogens (tertiary/aromatic N) is 3. The van der Waals surface area contributed by atoms with Gasteiger partial charge in [-0.05, 0) is 74.4 Å². The minimum absolute atomic E-state index is 0.116. The Morgan fingerprint density at radius 1 is 1.00 bits per heavy atom. The summed E-state index contributed by atoms with van der Waals surface area (Å²) < 4.78 is 79.1. The molecule has 36 heavy (non-hydrogen) atoms. The summed E-state index contributed by atoms with van der Waals surface area (Å²) in [5.41, 5.74) is -0.487. The Hall–Kier alpha value is -2.98. The van der Waals surface area contributed by atoms with E-state index in [4.69, 9.17) is 0 Å². The summed E-state index contributed by atoms with van der Waals surface area (Å²) in [7, 11) is 3.51. The third-order valence-corrected chi connectivity index (χ3v) is 7.07. The van der Waals surface area contributed by atoms with Crippen LogP contribution in [0.2, 0.25) is 0 Å². The van der Waals surface area contributed by atoms with Crippen molar-refractivity contribution < 1.29 is 31.1 Å². The topological polar surface area (TPSA) is 48.5 Å². The Balaban J connectivity index is 1.40. The fraction of sp³-hybridized carbons (Fsp3) is 0.520. The molecule has 5 nitrogen and oxygen atoms in total. The van der Waals surface area contributed by atoms with E-state index in [-0.39, 0.29) is 23.7 Å². The van der Waals surface area contributed by atoms with E-state index >= 15 is 0 Å². The van der Waals surface area contributed by atoms with Crippen LogP contribution in [0.3, 0.4) is 0 Å². The first-order valence-electron chi connectivity index (χ1n) is 11.9. The van der Waals surface area contributed by atoms with Crippen molar-refractivity contribution in [2.75, 3.05) is 30.4 Å². The molecule has 11 heteroatoms. The summed E-state index contributed by atoms with van der Waals surface area (Å²) in [4.78, 5) is 19.2. The van der Waals surface area contributed by atoms with Crippen molar-refractivity contribution in [3.05, 3.63) is 52.8 Å². The number of rotatable bonds is 4. The van der Waals surface area contributed by atoms with Crippen LogP contribution in [0.25, 0.3) is 0 Å². The Morgan fingerprint density at radius 3 is 2.19 bits per heavy atom. The molecule has 0 unspecified atom stereocenters. The molecule has 1 aromatic carbocycles. The van der Waals surface area contributed by atoms with Gasteiger partial charge in [-0.1, -0.05) is 0 Å². The summed E-state index contributed by atoms with van der Waals surface area (Å²) in [5.74, 6) is -0.179. The first kappa shape index (κ1) is 26.1. The van der Waals surface area contributed by atoms with E-state index in [9.17, 15) is 31.1 Å². The van der Waals surface area contributed by atoms with Crippen LogP contribution in [0.15, 0.2) is 30.3 Å². The zero-order valence-electron chi connectivity index (χ0n) is 20.0. The highest BCUT2D eigenvalue weighted by Gasteiger charge is 2.39. The highest BCUT2D eigenvalue weighted by molar-refractivity contribution is 5.95. The first-order chi connectivity index (χ1) is 16.8. The zero-order valence-corrected chi connectivity index (χ0v) is 20.0. The Kier molecular flexibility index (Phi) is 7.12. The fourth-order valence-electron chi connectivity index (χ4n) is 5.02. The highest BCUT2D eigenvalue weighted by Crippen LogP contribution is 2.37. The van der Waals surface area contributed by atoms with Crippen LogP contribution in [0.1, 0.15) is 59.4 Å². The van der Waals surface area contributed by atoms with Gasteiger partial charge in [-0.2, -0.15) is 26.3 Å². The largest absolute Gasteiger partial charge is 0.433 e. The Morgan fingerprint density at radius 2 is 1.61 bits per heavy atom. The maximum absolute atomic E-state index is 13.2. The molecule has 2 aromatic rings. The molecule has 0 spiro atoms. The van der Waals surface area contributed by atoms with Gasteiger partial charge in [-0.25, -0.2) is 4.98 Å². The van der Waals surface area contributed by atoms with E-state index in [0.717, 1.165) is 30.6 Å². The molecule has 0 saturated heterocycles. The number of hydrogen-bond acceptors (Lipinski definition) is 4. The number of carbonyl (C=O) groups excluding carboxylic acids is 1. The number of hydrogen-bond donors (Lipinski definition) is 1. The number of alkyl halides is 6. The fourth-order valence-corrected chi connectivity index (χ4v) is 5.02. The number of amides is 1. The van der Waals surface area contributed by atoms with Crippen LogP contribution >= 0.6 is 0 Å². The van der Waals surface area contributed by atoms with Crippen LogP contribution in [0.5, 0.6) is 0 Å². The van der Waals surface area contributed by atoms with Gasteiger partial charge in [-0.15, -0.1) is 0 Å². The summed E-state index contributed by atoms with van der Waals surface area (Å²) in [6.45, 7) is 0.977. The van der Waals surface area contributed by atoms with E-state index in [1.165, 1.54) is 11.9 Å². The van der Waals surface area contributed by atoms with Crippen LogP contribution in [0, 0.1) is 0 Å². The third kappa shape index (κ3) is 5.70. The number of anilines is 2. The Labute approximate surface area is 205 Å². The minimum atomic E-state index is -5.00. The van der Waals surface area contributed by atoms with Gasteiger partial charge in [0.15, 0.2) is 0 Å². The third-order valence-electron chi connectivity index (χ3n) is 7.07. The molecule has 1 aliphatic heterocycles. The number of fused-ring (bicyclic) bond motifs is 1. The molecule has 1 N–H and O–H groups in total. The lowest BCUT2D eigenvalue weighted by Gasteiger charge is -2.36. The molecule has 0 radical (unpaired) electrons. The summed E-state index contributed by atoms with van der Waals surface area (Å²) in [5, 5.41) is 3.03. The van der Waals surface area contributed by atoms with E-state index in [0.29, 0.717) is 43.4 Å². The summed E-state index contributed by atoms with van der Waals surface area (Å²) in [6.07, 6.45) is -5.88. The molecule has 0 bridgehead atoms. The molecule has 1 aromatic heterocycles. The predicted octanol–water partition coefficient (Wildman–Crippen LogP) is 5.68. The van der Waals surface area contributed by atoms with Gasteiger partial charge >= 0.3 is 12.4 Å². The first-order valence-corrected chi connectivity index (χ1v) is 11.9. The van der Waals surface area contributed by atoms with E-state index in [2.05, 4.69) is 15.2 Å². The van der Waals surface area contributed by atoms with Crippen molar-refractivity contribution in [1.29, 1.82) is 0 Å². The van der Waals surface area contributed by atoms with Crippen molar-refractivity contribution in [2.24, 2.45) is 0 Å². The maximum Gasteiger partial charge on any atom is 0.433 e. The van der Waals surface area contributed by atoms with Crippen molar-refractivity contribution in [3.63, 3.8) is 0 Å². The molecule has 2 heterocycles. The van der Waals surface area contributed by atoms with E-state index in [1.54, 1.807) is 6.07 Å². The normalized spacial score (nSPS) is 20.6. The standard InChI is InChI=1S/C25H28F6N4O/c1-34-11-3-4-15-12-16(5-10-20(15)34)23(36)32-17-6-8-18(9-7-17)35(2)19-13-21(24(26,27)28)33-22(14-19)25(29,30)31/h5,10,12-14,17-18H,3-4,6-9,11H2,1-2H3,(H,32,36). The second-order valence-corrected chi connectivity index (χ2v) is 9.55. The Bertz CT molecular complexity index is 1080. The number of halogens is 6. The number of carbonyl (C=O) groups is 1. The van der Waals surface area contributed by atoms with Gasteiger partial charge in [0.05, 0.1) is 0 Å². The van der Waals surface area contributed by atoms with Crippen LogP contribution in [-0.4, -0.2) is 43.6 Å². The van der Waals surface area contributed by atoms with Crippen molar-refractivity contribution >= 4 is 17.3 Å². The number of aromatic nitrogens is 1. The molecular weight excluding hydrogens is 486 g/mol. The van der Waals surface area contributed by atoms with E-state index < -0.39 is 23.7 Å².